The van der Waals surface area contributed by atoms with Gasteiger partial charge in [-0.15, -0.1) is 0 Å². The van der Waals surface area contributed by atoms with E-state index >= 15 is 0 Å². The monoisotopic (exact) mass is 477 g/mol. The molecule has 3 aromatic rings. The fourth-order valence-corrected chi connectivity index (χ4v) is 3.95. The van der Waals surface area contributed by atoms with Crippen LogP contribution in [0.3, 0.4) is 0 Å². The summed E-state index contributed by atoms with van der Waals surface area (Å²) in [7, 11) is 2.39. The van der Waals surface area contributed by atoms with E-state index in [4.69, 9.17) is 4.74 Å². The predicted molar refractivity (Wildman–Crippen MR) is 124 cm³/mol. The van der Waals surface area contributed by atoms with Crippen molar-refractivity contribution < 1.29 is 33.4 Å². The largest absolute Gasteiger partial charge is 0.465 e. The van der Waals surface area contributed by atoms with Crippen LogP contribution in [0.5, 0.6) is 0 Å². The maximum atomic E-state index is 12.8. The van der Waals surface area contributed by atoms with Gasteiger partial charge in [0.15, 0.2) is 12.3 Å². The Morgan fingerprint density at radius 2 is 1.57 bits per heavy atom. The number of carbonyl (C=O) groups excluding carboxylic acids is 4. The lowest BCUT2D eigenvalue weighted by Gasteiger charge is -2.10. The van der Waals surface area contributed by atoms with Gasteiger partial charge in [0.2, 0.25) is 0 Å². The molecule has 0 bridgehead atoms. The highest BCUT2D eigenvalue weighted by atomic mass is 16.5. The summed E-state index contributed by atoms with van der Waals surface area (Å²) < 4.78 is 16.3. The van der Waals surface area contributed by atoms with E-state index in [1.54, 1.807) is 4.68 Å². The summed E-state index contributed by atoms with van der Waals surface area (Å²) in [5.41, 5.74) is 3.05. The fourth-order valence-electron chi connectivity index (χ4n) is 3.95. The van der Waals surface area contributed by atoms with Crippen molar-refractivity contribution in [1.29, 1.82) is 0 Å². The molecule has 10 nitrogen and oxygen atoms in total. The first-order valence-electron chi connectivity index (χ1n) is 10.9. The van der Waals surface area contributed by atoms with Crippen molar-refractivity contribution in [2.45, 2.75) is 19.3 Å². The van der Waals surface area contributed by atoms with Gasteiger partial charge < -0.3 is 19.5 Å². The van der Waals surface area contributed by atoms with Crippen LogP contribution < -0.4 is 5.32 Å². The van der Waals surface area contributed by atoms with E-state index < -0.39 is 30.4 Å². The number of nitrogens with one attached hydrogen (secondary N) is 1. The molecule has 1 aliphatic carbocycles. The lowest BCUT2D eigenvalue weighted by Crippen LogP contribution is -2.22. The molecule has 1 aliphatic rings. The Labute approximate surface area is 200 Å². The van der Waals surface area contributed by atoms with Gasteiger partial charge in [0, 0.05) is 16.9 Å². The summed E-state index contributed by atoms with van der Waals surface area (Å²) in [5.74, 6) is -2.75. The minimum atomic E-state index is -0.702. The number of aromatic nitrogens is 2. The number of nitrogens with zero attached hydrogens (tertiary/aromatic N) is 2. The summed E-state index contributed by atoms with van der Waals surface area (Å²) in [6.07, 6.45) is 2.40. The van der Waals surface area contributed by atoms with E-state index in [1.165, 1.54) is 32.4 Å². The maximum absolute atomic E-state index is 12.8. The zero-order valence-corrected chi connectivity index (χ0v) is 19.2. The molecule has 0 saturated carbocycles. The Balaban J connectivity index is 1.47. The summed E-state index contributed by atoms with van der Waals surface area (Å²) in [6.45, 7) is -0.582. The van der Waals surface area contributed by atoms with Gasteiger partial charge in [-0.1, -0.05) is 18.2 Å². The van der Waals surface area contributed by atoms with Gasteiger partial charge in [-0.25, -0.2) is 19.1 Å². The average molecular weight is 477 g/mol. The first-order valence-corrected chi connectivity index (χ1v) is 10.9. The molecule has 2 aromatic carbocycles. The standard InChI is InChI=1S/C25H23N3O7/c1-33-23(30)15-11-16(24(31)34-2)13-17(12-15)26-21(29)14-35-25(32)22-19-9-6-10-20(19)28(27-22)18-7-4-3-5-8-18/h3-5,7-8,11-13H,6,9-10,14H2,1-2H3,(H,26,29). The zero-order chi connectivity index (χ0) is 24.9. The van der Waals surface area contributed by atoms with Crippen LogP contribution in [0.1, 0.15) is 48.9 Å². The number of hydrogen-bond acceptors (Lipinski definition) is 8. The smallest absolute Gasteiger partial charge is 0.359 e. The second kappa shape index (κ2) is 10.2. The molecule has 0 aliphatic heterocycles. The molecule has 35 heavy (non-hydrogen) atoms. The number of amides is 1. The molecule has 0 saturated heterocycles. The van der Waals surface area contributed by atoms with Crippen LogP contribution in [0.2, 0.25) is 0 Å². The molecule has 180 valence electrons. The second-order valence-corrected chi connectivity index (χ2v) is 7.78. The van der Waals surface area contributed by atoms with Gasteiger partial charge in [-0.05, 0) is 49.6 Å². The lowest BCUT2D eigenvalue weighted by molar-refractivity contribution is -0.119. The normalized spacial score (nSPS) is 11.9. The molecule has 4 rings (SSSR count). The summed E-state index contributed by atoms with van der Waals surface area (Å²) >= 11 is 0. The van der Waals surface area contributed by atoms with Gasteiger partial charge in [0.05, 0.1) is 31.0 Å². The SMILES string of the molecule is COC(=O)c1cc(NC(=O)COC(=O)c2nn(-c3ccccc3)c3c2CCC3)cc(C(=O)OC)c1. The van der Waals surface area contributed by atoms with E-state index in [0.29, 0.717) is 6.42 Å². The third-order valence-electron chi connectivity index (χ3n) is 5.52. The lowest BCUT2D eigenvalue weighted by atomic mass is 10.1. The molecule has 0 atom stereocenters. The molecular weight excluding hydrogens is 454 g/mol. The zero-order valence-electron chi connectivity index (χ0n) is 19.2. The molecule has 0 fully saturated rings. The molecule has 1 N–H and O–H groups in total. The molecule has 0 spiro atoms. The number of anilines is 1. The van der Waals surface area contributed by atoms with Crippen LogP contribution in [0.25, 0.3) is 5.69 Å². The van der Waals surface area contributed by atoms with E-state index in [-0.39, 0.29) is 22.5 Å². The van der Waals surface area contributed by atoms with Gasteiger partial charge in [-0.2, -0.15) is 5.10 Å². The minimum Gasteiger partial charge on any atom is -0.465 e. The number of ether oxygens (including phenoxy) is 3. The van der Waals surface area contributed by atoms with E-state index in [1.807, 2.05) is 30.3 Å². The van der Waals surface area contributed by atoms with Crippen LogP contribution in [0.4, 0.5) is 5.69 Å². The Morgan fingerprint density at radius 1 is 0.914 bits per heavy atom. The Bertz CT molecular complexity index is 1260. The number of rotatable bonds is 7. The Kier molecular flexibility index (Phi) is 6.91. The molecule has 1 amide bonds. The molecule has 0 unspecified atom stereocenters. The van der Waals surface area contributed by atoms with Crippen molar-refractivity contribution in [3.8, 4) is 5.69 Å². The Hall–Kier alpha value is -4.47. The van der Waals surface area contributed by atoms with Crippen molar-refractivity contribution >= 4 is 29.5 Å². The van der Waals surface area contributed by atoms with Crippen LogP contribution in [-0.4, -0.2) is 54.4 Å². The number of benzene rings is 2. The highest BCUT2D eigenvalue weighted by Gasteiger charge is 2.28. The molecule has 1 heterocycles. The van der Waals surface area contributed by atoms with Crippen LogP contribution in [-0.2, 0) is 31.8 Å². The van der Waals surface area contributed by atoms with Crippen molar-refractivity contribution in [3.63, 3.8) is 0 Å². The first-order chi connectivity index (χ1) is 16.9. The predicted octanol–water partition coefficient (Wildman–Crippen LogP) is 2.73. The van der Waals surface area contributed by atoms with Crippen molar-refractivity contribution in [3.05, 3.63) is 76.6 Å². The fraction of sp³-hybridized carbons (Fsp3) is 0.240. The van der Waals surface area contributed by atoms with Crippen molar-refractivity contribution in [2.75, 3.05) is 26.1 Å². The number of carbonyl (C=O) groups is 4. The number of hydrogen-bond donors (Lipinski definition) is 1. The second-order valence-electron chi connectivity index (χ2n) is 7.78. The number of methoxy groups -OCH3 is 2. The number of esters is 3. The molecule has 1 aromatic heterocycles. The summed E-state index contributed by atoms with van der Waals surface area (Å²) in [4.78, 5) is 49.1. The van der Waals surface area contributed by atoms with Gasteiger partial charge in [0.25, 0.3) is 5.91 Å². The van der Waals surface area contributed by atoms with E-state index in [0.717, 1.165) is 29.8 Å². The first kappa shape index (κ1) is 23.7. The van der Waals surface area contributed by atoms with Gasteiger partial charge >= 0.3 is 17.9 Å². The third-order valence-corrected chi connectivity index (χ3v) is 5.52. The highest BCUT2D eigenvalue weighted by Crippen LogP contribution is 2.28. The number of fused-ring (bicyclic) bond motifs is 1. The maximum Gasteiger partial charge on any atom is 0.359 e. The molecular formula is C25H23N3O7. The quantitative estimate of drug-likeness (QED) is 0.407. The van der Waals surface area contributed by atoms with Crippen molar-refractivity contribution in [2.24, 2.45) is 0 Å². The van der Waals surface area contributed by atoms with E-state index in [9.17, 15) is 19.2 Å². The van der Waals surface area contributed by atoms with Gasteiger partial charge in [-0.3, -0.25) is 4.79 Å². The van der Waals surface area contributed by atoms with Gasteiger partial charge in [0.1, 0.15) is 0 Å². The van der Waals surface area contributed by atoms with Crippen LogP contribution >= 0.6 is 0 Å². The molecule has 0 radical (unpaired) electrons. The Morgan fingerprint density at radius 3 is 2.20 bits per heavy atom. The number of para-hydroxylation sites is 1. The minimum absolute atomic E-state index is 0.0460. The van der Waals surface area contributed by atoms with Crippen molar-refractivity contribution in [1.82, 2.24) is 9.78 Å². The topological polar surface area (TPSA) is 126 Å². The summed E-state index contributed by atoms with van der Waals surface area (Å²) in [5, 5.41) is 6.97. The summed E-state index contributed by atoms with van der Waals surface area (Å²) in [6, 6.07) is 13.5. The highest BCUT2D eigenvalue weighted by molar-refractivity contribution is 6.00. The van der Waals surface area contributed by atoms with E-state index in [2.05, 4.69) is 19.9 Å². The molecule has 10 heteroatoms. The average Bonchev–Trinajstić information content (AvgIpc) is 3.49. The van der Waals surface area contributed by atoms with Crippen LogP contribution in [0, 0.1) is 0 Å². The van der Waals surface area contributed by atoms with Crippen LogP contribution in [0.15, 0.2) is 48.5 Å². The third kappa shape index (κ3) is 5.06.